The van der Waals surface area contributed by atoms with Crippen molar-refractivity contribution in [1.29, 1.82) is 0 Å². The third-order valence-electron chi connectivity index (χ3n) is 3.58. The summed E-state index contributed by atoms with van der Waals surface area (Å²) < 4.78 is 5.37. The number of aliphatic hydroxyl groups is 1. The third kappa shape index (κ3) is 2.69. The predicted octanol–water partition coefficient (Wildman–Crippen LogP) is 2.32. The largest absolute Gasteiger partial charge is 0.464 e. The predicted molar refractivity (Wildman–Crippen MR) is 74.3 cm³/mol. The monoisotopic (exact) mass is 261 g/mol. The summed E-state index contributed by atoms with van der Waals surface area (Å²) >= 11 is 0. The minimum absolute atomic E-state index is 0.00289. The molecule has 1 N–H and O–H groups in total. The maximum atomic E-state index is 12.3. The van der Waals surface area contributed by atoms with Gasteiger partial charge in [-0.3, -0.25) is 9.69 Å². The molecule has 0 saturated heterocycles. The zero-order valence-corrected chi connectivity index (χ0v) is 11.5. The molecular formula is C15H19NO3. The third-order valence-corrected chi connectivity index (χ3v) is 3.58. The molecule has 0 atom stereocenters. The van der Waals surface area contributed by atoms with Crippen LogP contribution in [0.25, 0.3) is 11.0 Å². The van der Waals surface area contributed by atoms with Crippen molar-refractivity contribution in [2.45, 2.75) is 19.4 Å². The Morgan fingerprint density at radius 1 is 1.37 bits per heavy atom. The van der Waals surface area contributed by atoms with Crippen LogP contribution in [0.4, 0.5) is 0 Å². The molecule has 19 heavy (non-hydrogen) atoms. The minimum atomic E-state index is -0.421. The highest BCUT2D eigenvalue weighted by atomic mass is 16.3. The van der Waals surface area contributed by atoms with Gasteiger partial charge in [-0.1, -0.05) is 18.2 Å². The van der Waals surface area contributed by atoms with E-state index in [0.717, 1.165) is 11.0 Å². The van der Waals surface area contributed by atoms with E-state index in [-0.39, 0.29) is 18.9 Å². The number of carbonyl (C=O) groups excluding carboxylic acids is 1. The molecule has 0 unspecified atom stereocenters. The van der Waals surface area contributed by atoms with Gasteiger partial charge < -0.3 is 9.52 Å². The van der Waals surface area contributed by atoms with Gasteiger partial charge in [-0.2, -0.15) is 0 Å². The van der Waals surface area contributed by atoms with Gasteiger partial charge in [0.15, 0.2) is 5.78 Å². The van der Waals surface area contributed by atoms with E-state index in [2.05, 4.69) is 0 Å². The molecule has 0 bridgehead atoms. The highest BCUT2D eigenvalue weighted by Gasteiger charge is 2.25. The smallest absolute Gasteiger partial charge is 0.180 e. The van der Waals surface area contributed by atoms with Crippen LogP contribution in [-0.2, 0) is 0 Å². The Balaban J connectivity index is 2.21. The van der Waals surface area contributed by atoms with Crippen LogP contribution in [0.15, 0.2) is 34.9 Å². The first-order valence-corrected chi connectivity index (χ1v) is 6.27. The fourth-order valence-corrected chi connectivity index (χ4v) is 1.83. The molecule has 2 rings (SSSR count). The Morgan fingerprint density at radius 3 is 2.74 bits per heavy atom. The number of rotatable bonds is 5. The van der Waals surface area contributed by atoms with Gasteiger partial charge in [0.05, 0.1) is 18.7 Å². The standard InChI is InChI=1S/C15H19NO3/c1-15(2,10-17)16(3)8-13(18)12-9-19-14-7-5-4-6-11(12)14/h4-7,9,17H,8,10H2,1-3H3. The van der Waals surface area contributed by atoms with Gasteiger partial charge in [0.25, 0.3) is 0 Å². The molecule has 0 amide bonds. The molecule has 4 heteroatoms. The Labute approximate surface area is 112 Å². The van der Waals surface area contributed by atoms with Gasteiger partial charge >= 0.3 is 0 Å². The first-order valence-electron chi connectivity index (χ1n) is 6.27. The molecule has 0 aliphatic heterocycles. The molecule has 0 saturated carbocycles. The number of fused-ring (bicyclic) bond motifs is 1. The molecule has 1 heterocycles. The van der Waals surface area contributed by atoms with Crippen LogP contribution in [0.3, 0.4) is 0 Å². The molecule has 0 aliphatic rings. The average Bonchev–Trinajstić information content (AvgIpc) is 2.82. The first-order chi connectivity index (χ1) is 8.95. The molecule has 0 aliphatic carbocycles. The van der Waals surface area contributed by atoms with Crippen LogP contribution in [0.2, 0.25) is 0 Å². The molecule has 0 radical (unpaired) electrons. The fraction of sp³-hybridized carbons (Fsp3) is 0.400. The second-order valence-electron chi connectivity index (χ2n) is 5.40. The molecule has 2 aromatic rings. The number of hydrogen-bond donors (Lipinski definition) is 1. The van der Waals surface area contributed by atoms with Crippen LogP contribution in [0, 0.1) is 0 Å². The second kappa shape index (κ2) is 5.15. The molecule has 0 fully saturated rings. The number of Topliss-reactive ketones (excluding diaryl/α,β-unsaturated/α-hetero) is 1. The highest BCUT2D eigenvalue weighted by molar-refractivity contribution is 6.08. The van der Waals surface area contributed by atoms with E-state index < -0.39 is 5.54 Å². The Morgan fingerprint density at radius 2 is 2.05 bits per heavy atom. The molecule has 0 spiro atoms. The van der Waals surface area contributed by atoms with Gasteiger partial charge in [0.2, 0.25) is 0 Å². The van der Waals surface area contributed by atoms with Crippen molar-refractivity contribution in [3.05, 3.63) is 36.1 Å². The van der Waals surface area contributed by atoms with Gasteiger partial charge in [-0.15, -0.1) is 0 Å². The molecule has 1 aromatic carbocycles. The average molecular weight is 261 g/mol. The number of carbonyl (C=O) groups is 1. The van der Waals surface area contributed by atoms with Crippen LogP contribution in [0.5, 0.6) is 0 Å². The zero-order chi connectivity index (χ0) is 14.0. The lowest BCUT2D eigenvalue weighted by Gasteiger charge is -2.33. The van der Waals surface area contributed by atoms with Crippen molar-refractivity contribution in [3.63, 3.8) is 0 Å². The summed E-state index contributed by atoms with van der Waals surface area (Å²) in [6.07, 6.45) is 1.51. The first kappa shape index (κ1) is 13.8. The molecule has 1 aromatic heterocycles. The normalized spacial score (nSPS) is 12.3. The highest BCUT2D eigenvalue weighted by Crippen LogP contribution is 2.22. The summed E-state index contributed by atoms with van der Waals surface area (Å²) in [6.45, 7) is 4.04. The second-order valence-corrected chi connectivity index (χ2v) is 5.40. The lowest BCUT2D eigenvalue weighted by Crippen LogP contribution is -2.46. The SMILES string of the molecule is CN(CC(=O)c1coc2ccccc12)C(C)(C)CO. The van der Waals surface area contributed by atoms with E-state index >= 15 is 0 Å². The number of benzene rings is 1. The van der Waals surface area contributed by atoms with Crippen molar-refractivity contribution < 1.29 is 14.3 Å². The van der Waals surface area contributed by atoms with Crippen molar-refractivity contribution in [2.75, 3.05) is 20.2 Å². The van der Waals surface area contributed by atoms with Crippen LogP contribution >= 0.6 is 0 Å². The molecule has 4 nitrogen and oxygen atoms in total. The van der Waals surface area contributed by atoms with Crippen LogP contribution < -0.4 is 0 Å². The van der Waals surface area contributed by atoms with E-state index in [0.29, 0.717) is 5.56 Å². The molecule has 102 valence electrons. The van der Waals surface area contributed by atoms with E-state index in [1.165, 1.54) is 6.26 Å². The number of para-hydroxylation sites is 1. The lowest BCUT2D eigenvalue weighted by atomic mass is 10.0. The maximum absolute atomic E-state index is 12.3. The number of nitrogens with zero attached hydrogens (tertiary/aromatic N) is 1. The van der Waals surface area contributed by atoms with E-state index in [1.54, 1.807) is 0 Å². The van der Waals surface area contributed by atoms with Gasteiger partial charge in [0, 0.05) is 10.9 Å². The fourth-order valence-electron chi connectivity index (χ4n) is 1.83. The number of aliphatic hydroxyl groups excluding tert-OH is 1. The van der Waals surface area contributed by atoms with Crippen molar-refractivity contribution in [1.82, 2.24) is 4.90 Å². The van der Waals surface area contributed by atoms with Crippen LogP contribution in [0.1, 0.15) is 24.2 Å². The zero-order valence-electron chi connectivity index (χ0n) is 11.5. The van der Waals surface area contributed by atoms with E-state index in [9.17, 15) is 9.90 Å². The van der Waals surface area contributed by atoms with Gasteiger partial charge in [-0.05, 0) is 27.0 Å². The Bertz CT molecular complexity index is 586. The number of ketones is 1. The quantitative estimate of drug-likeness (QED) is 0.839. The van der Waals surface area contributed by atoms with Crippen LogP contribution in [-0.4, -0.2) is 41.5 Å². The number of hydrogen-bond acceptors (Lipinski definition) is 4. The minimum Gasteiger partial charge on any atom is -0.464 e. The van der Waals surface area contributed by atoms with Crippen molar-refractivity contribution in [3.8, 4) is 0 Å². The summed E-state index contributed by atoms with van der Waals surface area (Å²) in [5, 5.41) is 10.1. The van der Waals surface area contributed by atoms with Gasteiger partial charge in [-0.25, -0.2) is 0 Å². The summed E-state index contributed by atoms with van der Waals surface area (Å²) in [7, 11) is 1.83. The van der Waals surface area contributed by atoms with E-state index in [1.807, 2.05) is 50.1 Å². The van der Waals surface area contributed by atoms with Crippen molar-refractivity contribution in [2.24, 2.45) is 0 Å². The lowest BCUT2D eigenvalue weighted by molar-refractivity contribution is 0.0660. The Kier molecular flexibility index (Phi) is 3.73. The summed E-state index contributed by atoms with van der Waals surface area (Å²) in [5.41, 5.74) is 0.890. The maximum Gasteiger partial charge on any atom is 0.180 e. The van der Waals surface area contributed by atoms with Crippen molar-refractivity contribution >= 4 is 16.8 Å². The topological polar surface area (TPSA) is 53.7 Å². The molecular weight excluding hydrogens is 242 g/mol. The summed E-state index contributed by atoms with van der Waals surface area (Å²) in [4.78, 5) is 14.2. The summed E-state index contributed by atoms with van der Waals surface area (Å²) in [6, 6.07) is 7.48. The van der Waals surface area contributed by atoms with E-state index in [4.69, 9.17) is 4.42 Å². The number of likely N-dealkylation sites (N-methyl/N-ethyl adjacent to an activating group) is 1. The Hall–Kier alpha value is -1.65. The number of furan rings is 1. The summed E-state index contributed by atoms with van der Waals surface area (Å²) in [5.74, 6) is -0.00558. The van der Waals surface area contributed by atoms with Gasteiger partial charge in [0.1, 0.15) is 11.8 Å².